The Morgan fingerprint density at radius 1 is 1.27 bits per heavy atom. The Hall–Kier alpha value is -3.90. The predicted molar refractivity (Wildman–Crippen MR) is 71.9 cm³/mol. The molecule has 0 bridgehead atoms. The molecule has 0 spiro atoms. The standard InChI is InChI=1S/C13H7N5O4/c1-22-13(19)9-3-2-4-11(18(20)21)12(9)17-10(7-16)8(5-14)6-15/h2-4,17H,1H3. The van der Waals surface area contributed by atoms with Crippen LogP contribution in [0.2, 0.25) is 0 Å². The van der Waals surface area contributed by atoms with Gasteiger partial charge in [0.05, 0.1) is 17.6 Å². The van der Waals surface area contributed by atoms with Crippen molar-refractivity contribution in [1.29, 1.82) is 15.8 Å². The fourth-order valence-electron chi connectivity index (χ4n) is 1.51. The van der Waals surface area contributed by atoms with Crippen LogP contribution in [0.3, 0.4) is 0 Å². The van der Waals surface area contributed by atoms with Crippen LogP contribution in [0.5, 0.6) is 0 Å². The van der Waals surface area contributed by atoms with E-state index in [9.17, 15) is 14.9 Å². The van der Waals surface area contributed by atoms with Crippen molar-refractivity contribution in [3.8, 4) is 18.2 Å². The zero-order chi connectivity index (χ0) is 16.7. The summed E-state index contributed by atoms with van der Waals surface area (Å²) in [5, 5.41) is 39.8. The van der Waals surface area contributed by atoms with E-state index < -0.39 is 27.9 Å². The molecule has 9 nitrogen and oxygen atoms in total. The molecule has 0 amide bonds. The summed E-state index contributed by atoms with van der Waals surface area (Å²) in [5.74, 6) is -0.876. The van der Waals surface area contributed by atoms with Gasteiger partial charge in [0.2, 0.25) is 0 Å². The van der Waals surface area contributed by atoms with Crippen LogP contribution < -0.4 is 5.32 Å². The first kappa shape index (κ1) is 16.2. The van der Waals surface area contributed by atoms with Crippen LogP contribution in [-0.2, 0) is 4.74 Å². The number of nitro groups is 1. The molecule has 9 heteroatoms. The number of nitrogens with zero attached hydrogens (tertiary/aromatic N) is 4. The van der Waals surface area contributed by atoms with Gasteiger partial charge in [0.1, 0.15) is 29.6 Å². The summed E-state index contributed by atoms with van der Waals surface area (Å²) in [5.41, 5.74) is -2.13. The minimum absolute atomic E-state index is 0.209. The molecule has 0 heterocycles. The van der Waals surface area contributed by atoms with Gasteiger partial charge in [0.25, 0.3) is 5.69 Å². The molecule has 1 rings (SSSR count). The topological polar surface area (TPSA) is 153 Å². The molecule has 0 saturated heterocycles. The number of allylic oxidation sites excluding steroid dienone is 2. The first-order valence-electron chi connectivity index (χ1n) is 5.57. The molecule has 0 aliphatic heterocycles. The van der Waals surface area contributed by atoms with E-state index in [2.05, 4.69) is 10.1 Å². The molecule has 1 aromatic rings. The van der Waals surface area contributed by atoms with Gasteiger partial charge >= 0.3 is 5.97 Å². The molecule has 108 valence electrons. The summed E-state index contributed by atoms with van der Waals surface area (Å²) in [7, 11) is 1.09. The lowest BCUT2D eigenvalue weighted by Crippen LogP contribution is -2.11. The van der Waals surface area contributed by atoms with Crippen molar-refractivity contribution >= 4 is 17.3 Å². The van der Waals surface area contributed by atoms with Gasteiger partial charge in [-0.15, -0.1) is 0 Å². The molecule has 0 radical (unpaired) electrons. The highest BCUT2D eigenvalue weighted by molar-refractivity contribution is 5.98. The Kier molecular flexibility index (Phi) is 5.17. The van der Waals surface area contributed by atoms with Crippen LogP contribution in [0.25, 0.3) is 0 Å². The predicted octanol–water partition coefficient (Wildman–Crippen LogP) is 1.62. The van der Waals surface area contributed by atoms with Crippen molar-refractivity contribution in [2.75, 3.05) is 12.4 Å². The number of benzene rings is 1. The van der Waals surface area contributed by atoms with Crippen molar-refractivity contribution in [1.82, 2.24) is 0 Å². The highest BCUT2D eigenvalue weighted by Gasteiger charge is 2.23. The highest BCUT2D eigenvalue weighted by atomic mass is 16.6. The van der Waals surface area contributed by atoms with E-state index in [4.69, 9.17) is 15.8 Å². The zero-order valence-electron chi connectivity index (χ0n) is 11.2. The monoisotopic (exact) mass is 297 g/mol. The van der Waals surface area contributed by atoms with E-state index in [0.717, 1.165) is 13.2 Å². The van der Waals surface area contributed by atoms with E-state index in [0.29, 0.717) is 0 Å². The van der Waals surface area contributed by atoms with E-state index >= 15 is 0 Å². The first-order chi connectivity index (χ1) is 10.5. The maximum atomic E-state index is 11.7. The molecule has 0 aromatic heterocycles. The van der Waals surface area contributed by atoms with Crippen LogP contribution in [0.4, 0.5) is 11.4 Å². The van der Waals surface area contributed by atoms with E-state index in [1.54, 1.807) is 6.07 Å². The molecule has 0 aliphatic carbocycles. The quantitative estimate of drug-likeness (QED) is 0.380. The van der Waals surface area contributed by atoms with Gasteiger partial charge in [-0.2, -0.15) is 15.8 Å². The summed E-state index contributed by atoms with van der Waals surface area (Å²) < 4.78 is 4.51. The Balaban J connectivity index is 3.59. The van der Waals surface area contributed by atoms with Crippen molar-refractivity contribution in [2.24, 2.45) is 0 Å². The third-order valence-electron chi connectivity index (χ3n) is 2.48. The van der Waals surface area contributed by atoms with Gasteiger partial charge in [-0.3, -0.25) is 10.1 Å². The number of carbonyl (C=O) groups excluding carboxylic acids is 1. The van der Waals surface area contributed by atoms with Gasteiger partial charge in [0, 0.05) is 6.07 Å². The van der Waals surface area contributed by atoms with Gasteiger partial charge in [-0.05, 0) is 6.07 Å². The summed E-state index contributed by atoms with van der Waals surface area (Å²) in [4.78, 5) is 21.9. The molecule has 1 aromatic carbocycles. The molecular formula is C13H7N5O4. The Morgan fingerprint density at radius 2 is 1.91 bits per heavy atom. The minimum atomic E-state index is -0.876. The van der Waals surface area contributed by atoms with Crippen LogP contribution in [0.1, 0.15) is 10.4 Å². The van der Waals surface area contributed by atoms with Crippen molar-refractivity contribution in [2.45, 2.75) is 0 Å². The minimum Gasteiger partial charge on any atom is -0.465 e. The van der Waals surface area contributed by atoms with Crippen LogP contribution in [-0.4, -0.2) is 18.0 Å². The van der Waals surface area contributed by atoms with Crippen molar-refractivity contribution in [3.63, 3.8) is 0 Å². The number of carbonyl (C=O) groups is 1. The van der Waals surface area contributed by atoms with Crippen LogP contribution in [0, 0.1) is 44.1 Å². The average Bonchev–Trinajstić information content (AvgIpc) is 2.53. The number of para-hydroxylation sites is 1. The molecule has 0 saturated carbocycles. The SMILES string of the molecule is COC(=O)c1cccc([N+](=O)[O-])c1NC(C#N)=C(C#N)C#N. The van der Waals surface area contributed by atoms with E-state index in [-0.39, 0.29) is 11.3 Å². The number of ether oxygens (including phenoxy) is 1. The largest absolute Gasteiger partial charge is 0.465 e. The fourth-order valence-corrected chi connectivity index (χ4v) is 1.51. The number of methoxy groups -OCH3 is 1. The normalized spacial score (nSPS) is 8.64. The fraction of sp³-hybridized carbons (Fsp3) is 0.0769. The molecular weight excluding hydrogens is 290 g/mol. The maximum Gasteiger partial charge on any atom is 0.340 e. The second-order valence-corrected chi connectivity index (χ2v) is 3.66. The smallest absolute Gasteiger partial charge is 0.340 e. The number of rotatable bonds is 4. The summed E-state index contributed by atoms with van der Waals surface area (Å²) in [6.07, 6.45) is 0. The third-order valence-corrected chi connectivity index (χ3v) is 2.48. The third kappa shape index (κ3) is 3.16. The molecule has 0 unspecified atom stereocenters. The van der Waals surface area contributed by atoms with E-state index in [1.165, 1.54) is 24.3 Å². The van der Waals surface area contributed by atoms with Crippen molar-refractivity contribution in [3.05, 3.63) is 45.1 Å². The number of anilines is 1. The summed E-state index contributed by atoms with van der Waals surface area (Å²) in [6, 6.07) is 8.12. The van der Waals surface area contributed by atoms with Gasteiger partial charge in [-0.1, -0.05) is 6.07 Å². The molecule has 0 aliphatic rings. The van der Waals surface area contributed by atoms with Crippen LogP contribution >= 0.6 is 0 Å². The number of hydrogen-bond donors (Lipinski definition) is 1. The van der Waals surface area contributed by atoms with Gasteiger partial charge < -0.3 is 10.1 Å². The first-order valence-corrected chi connectivity index (χ1v) is 5.57. The van der Waals surface area contributed by atoms with Crippen LogP contribution in [0.15, 0.2) is 29.5 Å². The number of hydrogen-bond acceptors (Lipinski definition) is 8. The lowest BCUT2D eigenvalue weighted by atomic mass is 10.1. The molecule has 1 N–H and O–H groups in total. The number of nitriles is 3. The average molecular weight is 297 g/mol. The Bertz CT molecular complexity index is 776. The Labute approximate surface area is 124 Å². The highest BCUT2D eigenvalue weighted by Crippen LogP contribution is 2.30. The molecule has 0 fully saturated rings. The Morgan fingerprint density at radius 3 is 2.36 bits per heavy atom. The summed E-state index contributed by atoms with van der Waals surface area (Å²) in [6.45, 7) is 0. The summed E-state index contributed by atoms with van der Waals surface area (Å²) >= 11 is 0. The second kappa shape index (κ2) is 7.04. The van der Waals surface area contributed by atoms with Gasteiger partial charge in [0.15, 0.2) is 5.57 Å². The molecule has 0 atom stereocenters. The number of nitro benzene ring substituents is 1. The maximum absolute atomic E-state index is 11.7. The van der Waals surface area contributed by atoms with Gasteiger partial charge in [-0.25, -0.2) is 4.79 Å². The number of nitrogens with one attached hydrogen (secondary N) is 1. The second-order valence-electron chi connectivity index (χ2n) is 3.66. The lowest BCUT2D eigenvalue weighted by Gasteiger charge is -2.10. The number of esters is 1. The molecule has 22 heavy (non-hydrogen) atoms. The van der Waals surface area contributed by atoms with E-state index in [1.807, 2.05) is 0 Å². The van der Waals surface area contributed by atoms with Crippen molar-refractivity contribution < 1.29 is 14.5 Å². The lowest BCUT2D eigenvalue weighted by molar-refractivity contribution is -0.384. The zero-order valence-corrected chi connectivity index (χ0v) is 11.2.